The van der Waals surface area contributed by atoms with E-state index >= 15 is 0 Å². The van der Waals surface area contributed by atoms with Gasteiger partial charge in [0.25, 0.3) is 5.91 Å². The molecule has 4 nitrogen and oxygen atoms in total. The summed E-state index contributed by atoms with van der Waals surface area (Å²) >= 11 is 5.25. The SMILES string of the molecule is CCOc1c(Br)cc(C(=O)N2CCc3sccc3C2)cc1OC. The van der Waals surface area contributed by atoms with Crippen LogP contribution in [0.5, 0.6) is 11.5 Å². The number of thiophene rings is 1. The number of halogens is 1. The van der Waals surface area contributed by atoms with Gasteiger partial charge in [0, 0.05) is 23.5 Å². The van der Waals surface area contributed by atoms with Gasteiger partial charge >= 0.3 is 0 Å². The van der Waals surface area contributed by atoms with Crippen molar-refractivity contribution in [2.75, 3.05) is 20.3 Å². The number of hydrogen-bond acceptors (Lipinski definition) is 4. The van der Waals surface area contributed by atoms with Gasteiger partial charge in [0.05, 0.1) is 18.2 Å². The molecule has 1 aliphatic rings. The molecule has 1 aliphatic heterocycles. The highest BCUT2D eigenvalue weighted by atomic mass is 79.9. The second kappa shape index (κ2) is 6.93. The van der Waals surface area contributed by atoms with E-state index in [1.165, 1.54) is 10.4 Å². The van der Waals surface area contributed by atoms with Gasteiger partial charge in [0.1, 0.15) is 0 Å². The molecule has 6 heteroatoms. The van der Waals surface area contributed by atoms with Gasteiger partial charge in [-0.05, 0) is 58.4 Å². The Morgan fingerprint density at radius 3 is 3.00 bits per heavy atom. The molecule has 2 aromatic rings. The summed E-state index contributed by atoms with van der Waals surface area (Å²) in [5.41, 5.74) is 1.86. The zero-order chi connectivity index (χ0) is 16.4. The predicted molar refractivity (Wildman–Crippen MR) is 94.6 cm³/mol. The zero-order valence-corrected chi connectivity index (χ0v) is 15.5. The maximum absolute atomic E-state index is 12.8. The molecule has 0 unspecified atom stereocenters. The Bertz CT molecular complexity index is 729. The molecule has 0 fully saturated rings. The molecule has 0 saturated heterocycles. The summed E-state index contributed by atoms with van der Waals surface area (Å²) < 4.78 is 11.7. The number of carbonyl (C=O) groups is 1. The second-order valence-electron chi connectivity index (χ2n) is 5.27. The van der Waals surface area contributed by atoms with Crippen molar-refractivity contribution in [1.82, 2.24) is 4.90 Å². The van der Waals surface area contributed by atoms with Crippen molar-refractivity contribution in [3.63, 3.8) is 0 Å². The number of benzene rings is 1. The lowest BCUT2D eigenvalue weighted by molar-refractivity contribution is 0.0735. The van der Waals surface area contributed by atoms with Crippen LogP contribution in [0.1, 0.15) is 27.7 Å². The fourth-order valence-corrected chi connectivity index (χ4v) is 4.18. The molecule has 3 rings (SSSR count). The van der Waals surface area contributed by atoms with Gasteiger partial charge in [0.2, 0.25) is 0 Å². The van der Waals surface area contributed by atoms with Gasteiger partial charge in [-0.2, -0.15) is 0 Å². The summed E-state index contributed by atoms with van der Waals surface area (Å²) in [6.07, 6.45) is 0.925. The molecule has 0 saturated carbocycles. The summed E-state index contributed by atoms with van der Waals surface area (Å²) in [5.74, 6) is 1.21. The normalized spacial score (nSPS) is 13.6. The number of ether oxygens (including phenoxy) is 2. The molecule has 23 heavy (non-hydrogen) atoms. The zero-order valence-electron chi connectivity index (χ0n) is 13.1. The smallest absolute Gasteiger partial charge is 0.254 e. The Morgan fingerprint density at radius 2 is 2.26 bits per heavy atom. The van der Waals surface area contributed by atoms with Crippen molar-refractivity contribution < 1.29 is 14.3 Å². The standard InChI is InChI=1S/C17H18BrNO3S/c1-3-22-16-13(18)8-12(9-14(16)21-2)17(20)19-6-4-15-11(10-19)5-7-23-15/h5,7-9H,3-4,6,10H2,1-2H3. The molecule has 0 aliphatic carbocycles. The van der Waals surface area contributed by atoms with Gasteiger partial charge in [0.15, 0.2) is 11.5 Å². The number of nitrogens with zero attached hydrogens (tertiary/aromatic N) is 1. The van der Waals surface area contributed by atoms with Gasteiger partial charge in [-0.3, -0.25) is 4.79 Å². The average Bonchev–Trinajstić information content (AvgIpc) is 3.03. The first-order chi connectivity index (χ1) is 11.1. The van der Waals surface area contributed by atoms with Crippen molar-refractivity contribution in [1.29, 1.82) is 0 Å². The molecule has 1 aromatic heterocycles. The van der Waals surface area contributed by atoms with Crippen LogP contribution in [0.25, 0.3) is 0 Å². The van der Waals surface area contributed by atoms with E-state index in [0.29, 0.717) is 30.2 Å². The highest BCUT2D eigenvalue weighted by Gasteiger charge is 2.24. The van der Waals surface area contributed by atoms with E-state index in [4.69, 9.17) is 9.47 Å². The predicted octanol–water partition coefficient (Wildman–Crippen LogP) is 4.12. The van der Waals surface area contributed by atoms with Crippen LogP contribution in [0.3, 0.4) is 0 Å². The number of carbonyl (C=O) groups excluding carboxylic acids is 1. The van der Waals surface area contributed by atoms with Crippen molar-refractivity contribution >= 4 is 33.2 Å². The van der Waals surface area contributed by atoms with Crippen molar-refractivity contribution in [3.8, 4) is 11.5 Å². The molecular weight excluding hydrogens is 378 g/mol. The highest BCUT2D eigenvalue weighted by molar-refractivity contribution is 9.10. The van der Waals surface area contributed by atoms with Crippen LogP contribution in [0.2, 0.25) is 0 Å². The van der Waals surface area contributed by atoms with Gasteiger partial charge < -0.3 is 14.4 Å². The minimum absolute atomic E-state index is 0.0175. The van der Waals surface area contributed by atoms with E-state index in [1.807, 2.05) is 11.8 Å². The third kappa shape index (κ3) is 3.23. The Morgan fingerprint density at radius 1 is 1.43 bits per heavy atom. The number of hydrogen-bond donors (Lipinski definition) is 0. The van der Waals surface area contributed by atoms with Crippen LogP contribution in [0, 0.1) is 0 Å². The third-order valence-corrected chi connectivity index (χ3v) is 5.47. The highest BCUT2D eigenvalue weighted by Crippen LogP contribution is 2.37. The minimum atomic E-state index is 0.0175. The maximum Gasteiger partial charge on any atom is 0.254 e. The van der Waals surface area contributed by atoms with Crippen molar-refractivity contribution in [2.45, 2.75) is 19.9 Å². The molecule has 0 atom stereocenters. The molecule has 0 N–H and O–H groups in total. The fraction of sp³-hybridized carbons (Fsp3) is 0.353. The largest absolute Gasteiger partial charge is 0.493 e. The summed E-state index contributed by atoms with van der Waals surface area (Å²) in [5, 5.41) is 2.09. The first-order valence-corrected chi connectivity index (χ1v) is 9.16. The van der Waals surface area contributed by atoms with Crippen LogP contribution in [0.4, 0.5) is 0 Å². The second-order valence-corrected chi connectivity index (χ2v) is 7.12. The molecule has 0 radical (unpaired) electrons. The van der Waals surface area contributed by atoms with Gasteiger partial charge in [-0.1, -0.05) is 0 Å². The van der Waals surface area contributed by atoms with Gasteiger partial charge in [-0.15, -0.1) is 11.3 Å². The molecular formula is C17H18BrNO3S. The van der Waals surface area contributed by atoms with Crippen LogP contribution in [0.15, 0.2) is 28.1 Å². The molecule has 2 heterocycles. The lowest BCUT2D eigenvalue weighted by atomic mass is 10.1. The average molecular weight is 396 g/mol. The number of rotatable bonds is 4. The summed E-state index contributed by atoms with van der Waals surface area (Å²) in [6, 6.07) is 5.66. The van der Waals surface area contributed by atoms with Crippen LogP contribution >= 0.6 is 27.3 Å². The Labute approximate surface area is 148 Å². The van der Waals surface area contributed by atoms with Crippen LogP contribution in [-0.4, -0.2) is 31.1 Å². The molecule has 1 aromatic carbocycles. The van der Waals surface area contributed by atoms with Gasteiger partial charge in [-0.25, -0.2) is 0 Å². The van der Waals surface area contributed by atoms with Crippen molar-refractivity contribution in [3.05, 3.63) is 44.1 Å². The lowest BCUT2D eigenvalue weighted by Crippen LogP contribution is -2.35. The Balaban J connectivity index is 1.87. The van der Waals surface area contributed by atoms with E-state index in [0.717, 1.165) is 17.4 Å². The first-order valence-electron chi connectivity index (χ1n) is 7.49. The van der Waals surface area contributed by atoms with Crippen molar-refractivity contribution in [2.24, 2.45) is 0 Å². The third-order valence-electron chi connectivity index (χ3n) is 3.86. The van der Waals surface area contributed by atoms with E-state index in [9.17, 15) is 4.79 Å². The monoisotopic (exact) mass is 395 g/mol. The number of amides is 1. The maximum atomic E-state index is 12.8. The topological polar surface area (TPSA) is 38.8 Å². The quantitative estimate of drug-likeness (QED) is 0.781. The number of methoxy groups -OCH3 is 1. The Hall–Kier alpha value is -1.53. The fourth-order valence-electron chi connectivity index (χ4n) is 2.73. The summed E-state index contributed by atoms with van der Waals surface area (Å²) in [6.45, 7) is 3.87. The van der Waals surface area contributed by atoms with Crippen LogP contribution < -0.4 is 9.47 Å². The summed E-state index contributed by atoms with van der Waals surface area (Å²) in [4.78, 5) is 16.1. The molecule has 0 spiro atoms. The van der Waals surface area contributed by atoms with E-state index in [1.54, 1.807) is 30.6 Å². The molecule has 122 valence electrons. The lowest BCUT2D eigenvalue weighted by Gasteiger charge is -2.27. The van der Waals surface area contributed by atoms with E-state index in [2.05, 4.69) is 27.4 Å². The van der Waals surface area contributed by atoms with E-state index in [-0.39, 0.29) is 5.91 Å². The molecule has 0 bridgehead atoms. The summed E-state index contributed by atoms with van der Waals surface area (Å²) in [7, 11) is 1.58. The molecule has 1 amide bonds. The minimum Gasteiger partial charge on any atom is -0.493 e. The Kier molecular flexibility index (Phi) is 4.92. The van der Waals surface area contributed by atoms with Crippen LogP contribution in [-0.2, 0) is 13.0 Å². The first kappa shape index (κ1) is 16.3. The number of fused-ring (bicyclic) bond motifs is 1. The van der Waals surface area contributed by atoms with E-state index < -0.39 is 0 Å².